The Labute approximate surface area is 202 Å². The molecular formula is C21H14BrClF6N4O. The fraction of sp³-hybridized carbons (Fsp3) is 0.238. The Morgan fingerprint density at radius 2 is 1.74 bits per heavy atom. The van der Waals surface area contributed by atoms with E-state index in [4.69, 9.17) is 11.6 Å². The molecule has 2 aromatic carbocycles. The van der Waals surface area contributed by atoms with E-state index in [0.29, 0.717) is 10.2 Å². The zero-order chi connectivity index (χ0) is 24.8. The number of fused-ring (bicyclic) bond motifs is 1. The van der Waals surface area contributed by atoms with E-state index in [-0.39, 0.29) is 5.82 Å². The molecule has 0 bridgehead atoms. The molecule has 4 rings (SSSR count). The minimum absolute atomic E-state index is 0.252. The van der Waals surface area contributed by atoms with Crippen molar-refractivity contribution in [3.8, 4) is 0 Å². The second-order valence-corrected chi connectivity index (χ2v) is 8.79. The number of hydrogen-bond acceptors (Lipinski definition) is 3. The van der Waals surface area contributed by atoms with Crippen molar-refractivity contribution in [1.82, 2.24) is 9.78 Å². The van der Waals surface area contributed by atoms with Gasteiger partial charge in [-0.15, -0.1) is 0 Å². The van der Waals surface area contributed by atoms with Gasteiger partial charge in [-0.3, -0.25) is 4.79 Å². The number of nitrogens with zero attached hydrogens (tertiary/aromatic N) is 2. The second kappa shape index (κ2) is 8.81. The summed E-state index contributed by atoms with van der Waals surface area (Å²) in [6.07, 6.45) is -9.92. The number of carbonyl (C=O) groups excluding carboxylic acids is 1. The summed E-state index contributed by atoms with van der Waals surface area (Å²) in [6, 6.07) is 7.89. The molecule has 1 aliphatic rings. The van der Waals surface area contributed by atoms with Crippen molar-refractivity contribution in [1.29, 1.82) is 0 Å². The normalized spacial score (nSPS) is 18.2. The lowest BCUT2D eigenvalue weighted by Crippen LogP contribution is -2.35. The minimum atomic E-state index is -4.76. The van der Waals surface area contributed by atoms with E-state index in [9.17, 15) is 31.1 Å². The summed E-state index contributed by atoms with van der Waals surface area (Å²) in [5.41, 5.74) is -1.78. The first-order chi connectivity index (χ1) is 15.9. The van der Waals surface area contributed by atoms with Gasteiger partial charge in [0.2, 0.25) is 0 Å². The number of rotatable bonds is 3. The molecule has 0 aliphatic carbocycles. The van der Waals surface area contributed by atoms with Gasteiger partial charge in [0.1, 0.15) is 10.8 Å². The van der Waals surface area contributed by atoms with E-state index in [1.54, 1.807) is 24.3 Å². The standard InChI is InChI=1S/C21H14BrClF6N4O/c22-11-7-5-10(6-8-11)14-9-15(21(27,28)29)33-18(30-14)16(23)17(32-33)19(34)31-13-4-2-1-3-12(13)20(24,25)26/h1-8,14-15,30H,9H2,(H,31,34)/t14-,15+/m1/s1. The van der Waals surface area contributed by atoms with Crippen LogP contribution in [0.15, 0.2) is 53.0 Å². The highest BCUT2D eigenvalue weighted by Gasteiger charge is 2.48. The maximum absolute atomic E-state index is 13.9. The Bertz CT molecular complexity index is 1230. The Morgan fingerprint density at radius 3 is 2.35 bits per heavy atom. The first-order valence-corrected chi connectivity index (χ1v) is 10.9. The van der Waals surface area contributed by atoms with E-state index in [1.807, 2.05) is 0 Å². The third-order valence-corrected chi connectivity index (χ3v) is 6.15. The van der Waals surface area contributed by atoms with E-state index in [1.165, 1.54) is 6.07 Å². The van der Waals surface area contributed by atoms with E-state index in [0.717, 1.165) is 22.7 Å². The molecule has 0 saturated heterocycles. The molecule has 5 nitrogen and oxygen atoms in total. The van der Waals surface area contributed by atoms with Crippen LogP contribution >= 0.6 is 27.5 Å². The van der Waals surface area contributed by atoms with Crippen molar-refractivity contribution >= 4 is 44.9 Å². The largest absolute Gasteiger partial charge is 0.418 e. The number of para-hydroxylation sites is 1. The first-order valence-electron chi connectivity index (χ1n) is 9.70. The van der Waals surface area contributed by atoms with Crippen molar-refractivity contribution in [3.63, 3.8) is 0 Å². The average Bonchev–Trinajstić information content (AvgIpc) is 3.09. The summed E-state index contributed by atoms with van der Waals surface area (Å²) in [7, 11) is 0. The van der Waals surface area contributed by atoms with Gasteiger partial charge in [-0.25, -0.2) is 4.68 Å². The number of carbonyl (C=O) groups is 1. The monoisotopic (exact) mass is 566 g/mol. The highest BCUT2D eigenvalue weighted by atomic mass is 79.9. The molecule has 0 fully saturated rings. The molecule has 0 unspecified atom stereocenters. The fourth-order valence-electron chi connectivity index (χ4n) is 3.67. The number of aromatic nitrogens is 2. The van der Waals surface area contributed by atoms with Crippen LogP contribution < -0.4 is 10.6 Å². The van der Waals surface area contributed by atoms with Crippen molar-refractivity contribution in [3.05, 3.63) is 74.8 Å². The van der Waals surface area contributed by atoms with Crippen LogP contribution in [-0.2, 0) is 6.18 Å². The van der Waals surface area contributed by atoms with Gasteiger partial charge in [-0.2, -0.15) is 31.4 Å². The van der Waals surface area contributed by atoms with Crippen LogP contribution in [0.25, 0.3) is 0 Å². The van der Waals surface area contributed by atoms with Gasteiger partial charge in [-0.1, -0.05) is 51.8 Å². The minimum Gasteiger partial charge on any atom is -0.362 e. The highest BCUT2D eigenvalue weighted by molar-refractivity contribution is 9.10. The van der Waals surface area contributed by atoms with Gasteiger partial charge < -0.3 is 10.6 Å². The van der Waals surface area contributed by atoms with Crippen LogP contribution in [0.2, 0.25) is 5.02 Å². The van der Waals surface area contributed by atoms with Crippen LogP contribution in [-0.4, -0.2) is 21.9 Å². The van der Waals surface area contributed by atoms with Crippen LogP contribution in [0.3, 0.4) is 0 Å². The van der Waals surface area contributed by atoms with E-state index < -0.39 is 58.7 Å². The number of hydrogen-bond donors (Lipinski definition) is 2. The number of anilines is 2. The maximum atomic E-state index is 13.9. The summed E-state index contributed by atoms with van der Waals surface area (Å²) in [6.45, 7) is 0. The Hall–Kier alpha value is -2.73. The van der Waals surface area contributed by atoms with Gasteiger partial charge in [0.25, 0.3) is 5.91 Å². The molecule has 0 saturated carbocycles. The molecule has 3 aromatic rings. The summed E-state index contributed by atoms with van der Waals surface area (Å²) in [5.74, 6) is -1.43. The molecule has 2 heterocycles. The summed E-state index contributed by atoms with van der Waals surface area (Å²) in [5, 5.41) is 8.22. The summed E-state index contributed by atoms with van der Waals surface area (Å²) < 4.78 is 82.7. The molecule has 180 valence electrons. The number of amides is 1. The predicted octanol–water partition coefficient (Wildman–Crippen LogP) is 7.23. The molecule has 34 heavy (non-hydrogen) atoms. The quantitative estimate of drug-likeness (QED) is 0.328. The van der Waals surface area contributed by atoms with Crippen molar-refractivity contribution in [2.24, 2.45) is 0 Å². The number of benzene rings is 2. The van der Waals surface area contributed by atoms with E-state index >= 15 is 0 Å². The smallest absolute Gasteiger partial charge is 0.362 e. The van der Waals surface area contributed by atoms with Gasteiger partial charge in [0, 0.05) is 10.9 Å². The number of halogens is 8. The molecule has 1 amide bonds. The Morgan fingerprint density at radius 1 is 1.09 bits per heavy atom. The van der Waals surface area contributed by atoms with Gasteiger partial charge in [0.15, 0.2) is 11.7 Å². The van der Waals surface area contributed by atoms with Crippen LogP contribution in [0.1, 0.15) is 40.1 Å². The Balaban J connectivity index is 1.71. The molecule has 2 N–H and O–H groups in total. The third-order valence-electron chi connectivity index (χ3n) is 5.26. The zero-order valence-electron chi connectivity index (χ0n) is 16.8. The average molecular weight is 568 g/mol. The van der Waals surface area contributed by atoms with Crippen LogP contribution in [0.4, 0.5) is 37.8 Å². The number of nitrogens with one attached hydrogen (secondary N) is 2. The lowest BCUT2D eigenvalue weighted by molar-refractivity contribution is -0.173. The number of alkyl halides is 6. The Kier molecular flexibility index (Phi) is 6.32. The third kappa shape index (κ3) is 4.74. The molecule has 1 aromatic heterocycles. The lowest BCUT2D eigenvalue weighted by Gasteiger charge is -2.33. The molecule has 2 atom stereocenters. The molecule has 13 heteroatoms. The molecule has 1 aliphatic heterocycles. The SMILES string of the molecule is O=C(Nc1ccccc1C(F)(F)F)c1nn2c(c1Cl)N[C@@H](c1ccc(Br)cc1)C[C@H]2C(F)(F)F. The summed E-state index contributed by atoms with van der Waals surface area (Å²) >= 11 is 9.49. The molecule has 0 radical (unpaired) electrons. The van der Waals surface area contributed by atoms with Crippen molar-refractivity contribution in [2.45, 2.75) is 30.9 Å². The predicted molar refractivity (Wildman–Crippen MR) is 117 cm³/mol. The van der Waals surface area contributed by atoms with Gasteiger partial charge >= 0.3 is 12.4 Å². The van der Waals surface area contributed by atoms with E-state index in [2.05, 4.69) is 31.7 Å². The zero-order valence-corrected chi connectivity index (χ0v) is 19.1. The van der Waals surface area contributed by atoms with Crippen molar-refractivity contribution < 1.29 is 31.1 Å². The topological polar surface area (TPSA) is 59.0 Å². The molecule has 0 spiro atoms. The molecular weight excluding hydrogens is 554 g/mol. The lowest BCUT2D eigenvalue weighted by atomic mass is 9.97. The fourth-order valence-corrected chi connectivity index (χ4v) is 4.20. The van der Waals surface area contributed by atoms with Crippen LogP contribution in [0, 0.1) is 0 Å². The van der Waals surface area contributed by atoms with Gasteiger partial charge in [-0.05, 0) is 29.8 Å². The van der Waals surface area contributed by atoms with Crippen molar-refractivity contribution in [2.75, 3.05) is 10.6 Å². The van der Waals surface area contributed by atoms with Crippen LogP contribution in [0.5, 0.6) is 0 Å². The maximum Gasteiger partial charge on any atom is 0.418 e. The first kappa shape index (κ1) is 24.4. The van der Waals surface area contributed by atoms with Gasteiger partial charge in [0.05, 0.1) is 17.3 Å². The second-order valence-electron chi connectivity index (χ2n) is 7.49. The summed E-state index contributed by atoms with van der Waals surface area (Å²) in [4.78, 5) is 12.7. The highest BCUT2D eigenvalue weighted by Crippen LogP contribution is 2.46.